The second-order valence-corrected chi connectivity index (χ2v) is 9.79. The van der Waals surface area contributed by atoms with Crippen molar-refractivity contribution >= 4 is 11.6 Å². The fraction of sp³-hybridized carbons (Fsp3) is 0.500. The van der Waals surface area contributed by atoms with Gasteiger partial charge >= 0.3 is 0 Å². The number of rotatable bonds is 4. The van der Waals surface area contributed by atoms with E-state index in [-0.39, 0.29) is 11.5 Å². The molecule has 1 saturated heterocycles. The first-order valence-corrected chi connectivity index (χ1v) is 11.5. The molecule has 4 aliphatic carbocycles. The summed E-state index contributed by atoms with van der Waals surface area (Å²) >= 11 is 0. The number of carbonyl (C=O) groups excluding carboxylic acids is 1. The highest BCUT2D eigenvalue weighted by molar-refractivity contribution is 5.79. The zero-order valence-electron chi connectivity index (χ0n) is 17.4. The second kappa shape index (κ2) is 6.84. The highest BCUT2D eigenvalue weighted by atomic mass is 16.3. The molecule has 30 heavy (non-hydrogen) atoms. The molecular weight excluding hydrogens is 372 g/mol. The molecule has 4 atom stereocenters. The van der Waals surface area contributed by atoms with Crippen molar-refractivity contribution in [2.75, 3.05) is 31.1 Å². The molecule has 7 rings (SSSR count). The van der Waals surface area contributed by atoms with Crippen molar-refractivity contribution in [1.82, 2.24) is 4.90 Å². The van der Waals surface area contributed by atoms with Crippen LogP contribution in [0.1, 0.15) is 24.8 Å². The van der Waals surface area contributed by atoms with Crippen molar-refractivity contribution in [3.63, 3.8) is 0 Å². The summed E-state index contributed by atoms with van der Waals surface area (Å²) in [5.74, 6) is 2.00. The predicted octanol–water partition coefficient (Wildman–Crippen LogP) is 3.31. The van der Waals surface area contributed by atoms with E-state index in [1.54, 1.807) is 0 Å². The summed E-state index contributed by atoms with van der Waals surface area (Å²) in [6.45, 7) is 3.38. The molecular formula is C26H30N2O2. The maximum atomic E-state index is 13.5. The molecule has 5 aliphatic rings. The van der Waals surface area contributed by atoms with Gasteiger partial charge in [0.25, 0.3) is 0 Å². The number of hydrogen-bond acceptors (Lipinski definition) is 3. The second-order valence-electron chi connectivity index (χ2n) is 9.79. The molecule has 5 fully saturated rings. The van der Waals surface area contributed by atoms with Crippen LogP contribution in [0.4, 0.5) is 5.69 Å². The summed E-state index contributed by atoms with van der Waals surface area (Å²) in [6.07, 6.45) is 2.67. The molecule has 1 amide bonds. The molecule has 4 bridgehead atoms. The van der Waals surface area contributed by atoms with Gasteiger partial charge < -0.3 is 14.9 Å². The third-order valence-corrected chi connectivity index (χ3v) is 8.80. The van der Waals surface area contributed by atoms with E-state index >= 15 is 0 Å². The summed E-state index contributed by atoms with van der Waals surface area (Å²) in [4.78, 5) is 18.0. The first kappa shape index (κ1) is 18.4. The summed E-state index contributed by atoms with van der Waals surface area (Å²) < 4.78 is 0. The van der Waals surface area contributed by atoms with Crippen molar-refractivity contribution < 1.29 is 9.90 Å². The zero-order chi connectivity index (χ0) is 20.3. The average molecular weight is 403 g/mol. The Morgan fingerprint density at radius 1 is 0.867 bits per heavy atom. The average Bonchev–Trinajstić information content (AvgIpc) is 3.50. The van der Waals surface area contributed by atoms with Crippen LogP contribution in [0, 0.1) is 23.7 Å². The van der Waals surface area contributed by atoms with Crippen molar-refractivity contribution in [1.29, 1.82) is 0 Å². The van der Waals surface area contributed by atoms with Gasteiger partial charge in [-0.05, 0) is 54.2 Å². The molecule has 4 unspecified atom stereocenters. The van der Waals surface area contributed by atoms with Crippen molar-refractivity contribution in [2.45, 2.75) is 30.8 Å². The number of anilines is 1. The molecule has 4 heteroatoms. The molecule has 1 aliphatic heterocycles. The molecule has 156 valence electrons. The Balaban J connectivity index is 1.21. The SMILES string of the molecule is O=C(CC1(c2ccccc2)C2CC3C(O)C2CC31)N1CCN(c2ccccc2)CC1. The zero-order valence-corrected chi connectivity index (χ0v) is 17.4. The fourth-order valence-corrected chi connectivity index (χ4v) is 7.55. The maximum Gasteiger partial charge on any atom is 0.223 e. The van der Waals surface area contributed by atoms with E-state index in [4.69, 9.17) is 0 Å². The largest absolute Gasteiger partial charge is 0.393 e. The Kier molecular flexibility index (Phi) is 4.21. The Morgan fingerprint density at radius 3 is 2.00 bits per heavy atom. The van der Waals surface area contributed by atoms with E-state index < -0.39 is 0 Å². The summed E-state index contributed by atoms with van der Waals surface area (Å²) in [6, 6.07) is 21.2. The van der Waals surface area contributed by atoms with E-state index in [2.05, 4.69) is 64.4 Å². The lowest BCUT2D eigenvalue weighted by Gasteiger charge is -2.42. The van der Waals surface area contributed by atoms with Gasteiger partial charge in [-0.15, -0.1) is 0 Å². The highest BCUT2D eigenvalue weighted by Crippen LogP contribution is 2.72. The van der Waals surface area contributed by atoms with Crippen molar-refractivity contribution in [2.24, 2.45) is 23.7 Å². The van der Waals surface area contributed by atoms with Gasteiger partial charge in [-0.3, -0.25) is 4.79 Å². The van der Waals surface area contributed by atoms with Gasteiger partial charge in [0.1, 0.15) is 0 Å². The first-order valence-electron chi connectivity index (χ1n) is 11.5. The van der Waals surface area contributed by atoms with E-state index in [0.717, 1.165) is 39.0 Å². The number of piperazine rings is 1. The monoisotopic (exact) mass is 402 g/mol. The van der Waals surface area contributed by atoms with E-state index in [0.29, 0.717) is 36.0 Å². The Labute approximate surface area is 178 Å². The molecule has 2 aromatic carbocycles. The van der Waals surface area contributed by atoms with Gasteiger partial charge in [0.2, 0.25) is 5.91 Å². The highest BCUT2D eigenvalue weighted by Gasteiger charge is 2.72. The van der Waals surface area contributed by atoms with Gasteiger partial charge in [-0.1, -0.05) is 48.5 Å². The minimum atomic E-state index is -0.138. The summed E-state index contributed by atoms with van der Waals surface area (Å²) in [5.41, 5.74) is 2.50. The molecule has 0 aromatic heterocycles. The van der Waals surface area contributed by atoms with Gasteiger partial charge in [0.05, 0.1) is 6.10 Å². The number of hydrogen-bond donors (Lipinski definition) is 1. The predicted molar refractivity (Wildman–Crippen MR) is 117 cm³/mol. The van der Waals surface area contributed by atoms with E-state index in [1.165, 1.54) is 11.3 Å². The third kappa shape index (κ3) is 2.52. The van der Waals surface area contributed by atoms with Crippen LogP contribution in [0.5, 0.6) is 0 Å². The number of benzene rings is 2. The number of aliphatic hydroxyl groups is 1. The van der Waals surface area contributed by atoms with Gasteiger partial charge in [0, 0.05) is 43.7 Å². The number of aliphatic hydroxyl groups excluding tert-OH is 1. The summed E-state index contributed by atoms with van der Waals surface area (Å²) in [7, 11) is 0. The van der Waals surface area contributed by atoms with Gasteiger partial charge in [0.15, 0.2) is 0 Å². The van der Waals surface area contributed by atoms with E-state index in [1.807, 2.05) is 6.07 Å². The molecule has 4 saturated carbocycles. The number of amides is 1. The number of nitrogens with zero attached hydrogens (tertiary/aromatic N) is 2. The van der Waals surface area contributed by atoms with Crippen molar-refractivity contribution in [3.8, 4) is 0 Å². The van der Waals surface area contributed by atoms with Gasteiger partial charge in [-0.2, -0.15) is 0 Å². The smallest absolute Gasteiger partial charge is 0.223 e. The Morgan fingerprint density at radius 2 is 1.43 bits per heavy atom. The topological polar surface area (TPSA) is 43.8 Å². The van der Waals surface area contributed by atoms with Crippen LogP contribution < -0.4 is 4.90 Å². The minimum Gasteiger partial charge on any atom is -0.393 e. The normalized spacial score (nSPS) is 36.6. The molecule has 1 N–H and O–H groups in total. The lowest BCUT2D eigenvalue weighted by molar-refractivity contribution is -0.134. The van der Waals surface area contributed by atoms with Crippen LogP contribution in [-0.4, -0.2) is 48.2 Å². The third-order valence-electron chi connectivity index (χ3n) is 8.80. The lowest BCUT2D eigenvalue weighted by atomic mass is 9.65. The van der Waals surface area contributed by atoms with Crippen LogP contribution in [0.15, 0.2) is 60.7 Å². The number of para-hydroxylation sites is 1. The van der Waals surface area contributed by atoms with Crippen LogP contribution in [0.2, 0.25) is 0 Å². The van der Waals surface area contributed by atoms with E-state index in [9.17, 15) is 9.90 Å². The molecule has 1 heterocycles. The summed E-state index contributed by atoms with van der Waals surface area (Å²) in [5, 5.41) is 10.6. The quantitative estimate of drug-likeness (QED) is 0.853. The number of carbonyl (C=O) groups is 1. The standard InChI is InChI=1S/C26H30N2O2/c29-24(28-13-11-27(12-14-28)19-9-5-2-6-10-19)17-26(18-7-3-1-4-8-18)22-15-20-23(26)16-21(22)25(20)30/h1-10,20-23,25,30H,11-17H2. The lowest BCUT2D eigenvalue weighted by Crippen LogP contribution is -2.51. The maximum absolute atomic E-state index is 13.5. The Hall–Kier alpha value is -2.33. The molecule has 4 nitrogen and oxygen atoms in total. The van der Waals surface area contributed by atoms with Crippen molar-refractivity contribution in [3.05, 3.63) is 66.2 Å². The van der Waals surface area contributed by atoms with Crippen LogP contribution in [0.25, 0.3) is 0 Å². The van der Waals surface area contributed by atoms with Crippen LogP contribution >= 0.6 is 0 Å². The first-order chi connectivity index (χ1) is 14.7. The molecule has 2 aromatic rings. The van der Waals surface area contributed by atoms with Gasteiger partial charge in [-0.25, -0.2) is 0 Å². The minimum absolute atomic E-state index is 0.0660. The Bertz CT molecular complexity index is 905. The molecule has 0 radical (unpaired) electrons. The fourth-order valence-electron chi connectivity index (χ4n) is 7.55. The van der Waals surface area contributed by atoms with Crippen LogP contribution in [-0.2, 0) is 10.2 Å². The van der Waals surface area contributed by atoms with Crippen LogP contribution in [0.3, 0.4) is 0 Å². The molecule has 0 spiro atoms.